The average Bonchev–Trinajstić information content (AvgIpc) is 3.44. The molecule has 1 heterocycles. The highest BCUT2D eigenvalue weighted by atomic mass is 35.5. The van der Waals surface area contributed by atoms with E-state index in [1.54, 1.807) is 6.07 Å². The minimum absolute atomic E-state index is 0.0125. The average molecular weight is 530 g/mol. The molecule has 1 saturated heterocycles. The Labute approximate surface area is 225 Å². The van der Waals surface area contributed by atoms with Crippen molar-refractivity contribution in [3.63, 3.8) is 0 Å². The Kier molecular flexibility index (Phi) is 6.04. The van der Waals surface area contributed by atoms with Gasteiger partial charge in [0.05, 0.1) is 5.54 Å². The topological polar surface area (TPSA) is 58.2 Å². The third-order valence-electron chi connectivity index (χ3n) is 11.2. The Morgan fingerprint density at radius 3 is 2.56 bits per heavy atom. The van der Waals surface area contributed by atoms with Gasteiger partial charge in [-0.15, -0.1) is 0 Å². The molecule has 0 unspecified atom stereocenters. The zero-order chi connectivity index (χ0) is 25.3. The second-order valence-corrected chi connectivity index (χ2v) is 13.6. The fourth-order valence-electron chi connectivity index (χ4n) is 9.22. The number of amides is 1. The van der Waals surface area contributed by atoms with Gasteiger partial charge in [-0.3, -0.25) is 9.59 Å². The van der Waals surface area contributed by atoms with Crippen LogP contribution in [0.4, 0.5) is 0 Å². The molecule has 3 saturated carbocycles. The summed E-state index contributed by atoms with van der Waals surface area (Å²) < 4.78 is 0. The van der Waals surface area contributed by atoms with Crippen molar-refractivity contribution < 1.29 is 9.59 Å². The van der Waals surface area contributed by atoms with Crippen LogP contribution in [0.2, 0.25) is 10.0 Å². The Morgan fingerprint density at radius 1 is 1.03 bits per heavy atom. The standard InChI is InChI=1S/C30H38Cl2N2O2/c1-28-14-10-22-20(17-33-26-16-19(35)9-13-29(22,26)2)21(28)7-8-24(28)27(36)34-30(11-3-4-12-30)23-6-5-18(31)15-25(23)32/h5-6,15-16,20-22,24,33H,3-4,7-14,17H2,1-2H3,(H,34,36)/t20-,21-,22-,24+,28-,29+/m0/s1. The van der Waals surface area contributed by atoms with E-state index in [4.69, 9.17) is 23.2 Å². The summed E-state index contributed by atoms with van der Waals surface area (Å²) in [5.74, 6) is 2.19. The van der Waals surface area contributed by atoms with Gasteiger partial charge in [-0.05, 0) is 85.8 Å². The van der Waals surface area contributed by atoms with Crippen LogP contribution in [-0.2, 0) is 15.1 Å². The number of hydrogen-bond acceptors (Lipinski definition) is 3. The number of benzene rings is 1. The molecule has 4 fully saturated rings. The van der Waals surface area contributed by atoms with Gasteiger partial charge in [-0.2, -0.15) is 0 Å². The molecule has 1 amide bonds. The first-order valence-corrected chi connectivity index (χ1v) is 14.7. The molecule has 0 spiro atoms. The van der Waals surface area contributed by atoms with Crippen molar-refractivity contribution in [3.8, 4) is 0 Å². The van der Waals surface area contributed by atoms with E-state index < -0.39 is 5.54 Å². The molecule has 0 bridgehead atoms. The third-order valence-corrected chi connectivity index (χ3v) is 11.7. The normalized spacial score (nSPS) is 38.9. The van der Waals surface area contributed by atoms with Gasteiger partial charge in [0.1, 0.15) is 0 Å². The zero-order valence-corrected chi connectivity index (χ0v) is 23.0. The quantitative estimate of drug-likeness (QED) is 0.453. The fourth-order valence-corrected chi connectivity index (χ4v) is 9.81. The molecule has 2 N–H and O–H groups in total. The van der Waals surface area contributed by atoms with E-state index in [0.717, 1.165) is 69.9 Å². The Morgan fingerprint density at radius 2 is 1.81 bits per heavy atom. The number of carbonyl (C=O) groups is 2. The number of rotatable bonds is 3. The van der Waals surface area contributed by atoms with Crippen LogP contribution < -0.4 is 10.6 Å². The predicted molar refractivity (Wildman–Crippen MR) is 144 cm³/mol. The van der Waals surface area contributed by atoms with Gasteiger partial charge in [0, 0.05) is 46.1 Å². The fraction of sp³-hybridized carbons (Fsp3) is 0.667. The maximum Gasteiger partial charge on any atom is 0.224 e. The number of piperidine rings is 1. The van der Waals surface area contributed by atoms with Crippen molar-refractivity contribution in [1.82, 2.24) is 10.6 Å². The lowest BCUT2D eigenvalue weighted by Crippen LogP contribution is -2.57. The Hall–Kier alpha value is -1.52. The van der Waals surface area contributed by atoms with Gasteiger partial charge in [-0.1, -0.05) is 56.0 Å². The molecule has 1 aromatic rings. The molecule has 194 valence electrons. The summed E-state index contributed by atoms with van der Waals surface area (Å²) in [5, 5.41) is 8.52. The lowest BCUT2D eigenvalue weighted by molar-refractivity contribution is -0.134. The smallest absolute Gasteiger partial charge is 0.224 e. The van der Waals surface area contributed by atoms with Crippen molar-refractivity contribution >= 4 is 34.9 Å². The molecule has 36 heavy (non-hydrogen) atoms. The minimum Gasteiger partial charge on any atom is -0.387 e. The molecular formula is C30H38Cl2N2O2. The van der Waals surface area contributed by atoms with Gasteiger partial charge in [-0.25, -0.2) is 0 Å². The van der Waals surface area contributed by atoms with Crippen molar-refractivity contribution in [3.05, 3.63) is 45.6 Å². The Balaban J connectivity index is 1.25. The molecule has 4 aliphatic carbocycles. The monoisotopic (exact) mass is 528 g/mol. The van der Waals surface area contributed by atoms with Crippen LogP contribution >= 0.6 is 23.2 Å². The SMILES string of the molecule is C[C@]12CC[C@H]3[C@@H](CNC4=CC(=O)CC[C@@]43C)[C@@H]1CC[C@@H]2C(=O)NC1(c2ccc(Cl)cc2Cl)CCCC1. The summed E-state index contributed by atoms with van der Waals surface area (Å²) in [6.45, 7) is 5.69. The van der Waals surface area contributed by atoms with Crippen LogP contribution in [0, 0.1) is 34.5 Å². The van der Waals surface area contributed by atoms with Crippen molar-refractivity contribution in [2.24, 2.45) is 34.5 Å². The molecule has 1 aliphatic heterocycles. The van der Waals surface area contributed by atoms with E-state index >= 15 is 0 Å². The lowest BCUT2D eigenvalue weighted by atomic mass is 9.50. The second-order valence-electron chi connectivity index (χ2n) is 12.8. The van der Waals surface area contributed by atoms with Gasteiger partial charge < -0.3 is 10.6 Å². The molecule has 4 nitrogen and oxygen atoms in total. The first kappa shape index (κ1) is 24.8. The predicted octanol–water partition coefficient (Wildman–Crippen LogP) is 6.79. The van der Waals surface area contributed by atoms with Gasteiger partial charge >= 0.3 is 0 Å². The molecule has 0 radical (unpaired) electrons. The lowest BCUT2D eigenvalue weighted by Gasteiger charge is -2.58. The van der Waals surface area contributed by atoms with Crippen LogP contribution in [0.15, 0.2) is 30.0 Å². The molecular weight excluding hydrogens is 491 g/mol. The first-order chi connectivity index (χ1) is 17.2. The summed E-state index contributed by atoms with van der Waals surface area (Å²) in [7, 11) is 0. The molecule has 6 rings (SSSR count). The van der Waals surface area contributed by atoms with Crippen molar-refractivity contribution in [1.29, 1.82) is 0 Å². The van der Waals surface area contributed by atoms with Gasteiger partial charge in [0.15, 0.2) is 5.78 Å². The van der Waals surface area contributed by atoms with Crippen LogP contribution in [0.25, 0.3) is 0 Å². The van der Waals surface area contributed by atoms with Gasteiger partial charge in [0.2, 0.25) is 5.91 Å². The largest absolute Gasteiger partial charge is 0.387 e. The maximum absolute atomic E-state index is 14.1. The summed E-state index contributed by atoms with van der Waals surface area (Å²) in [5.41, 5.74) is 1.87. The number of halogens is 2. The van der Waals surface area contributed by atoms with E-state index in [1.165, 1.54) is 5.70 Å². The van der Waals surface area contributed by atoms with E-state index in [0.29, 0.717) is 34.2 Å². The first-order valence-electron chi connectivity index (χ1n) is 13.9. The summed E-state index contributed by atoms with van der Waals surface area (Å²) in [4.78, 5) is 26.2. The number of ketones is 1. The maximum atomic E-state index is 14.1. The number of nitrogens with one attached hydrogen (secondary N) is 2. The summed E-state index contributed by atoms with van der Waals surface area (Å²) in [6.07, 6.45) is 11.8. The summed E-state index contributed by atoms with van der Waals surface area (Å²) in [6, 6.07) is 5.70. The number of fused-ring (bicyclic) bond motifs is 5. The second kappa shape index (κ2) is 8.76. The van der Waals surface area contributed by atoms with Crippen LogP contribution in [-0.4, -0.2) is 18.2 Å². The van der Waals surface area contributed by atoms with Crippen molar-refractivity contribution in [2.45, 2.75) is 83.6 Å². The Bertz CT molecular complexity index is 1130. The number of carbonyl (C=O) groups excluding carboxylic acids is 2. The van der Waals surface area contributed by atoms with Crippen LogP contribution in [0.3, 0.4) is 0 Å². The molecule has 0 aromatic heterocycles. The van der Waals surface area contributed by atoms with E-state index in [2.05, 4.69) is 24.5 Å². The third kappa shape index (κ3) is 3.68. The zero-order valence-electron chi connectivity index (χ0n) is 21.5. The van der Waals surface area contributed by atoms with Crippen LogP contribution in [0.1, 0.15) is 83.6 Å². The van der Waals surface area contributed by atoms with Crippen LogP contribution in [0.5, 0.6) is 0 Å². The van der Waals surface area contributed by atoms with Crippen molar-refractivity contribution in [2.75, 3.05) is 6.54 Å². The number of hydrogen-bond donors (Lipinski definition) is 2. The highest BCUT2D eigenvalue weighted by Crippen LogP contribution is 2.64. The minimum atomic E-state index is -0.390. The van der Waals surface area contributed by atoms with Gasteiger partial charge in [0.25, 0.3) is 0 Å². The highest BCUT2D eigenvalue weighted by molar-refractivity contribution is 6.35. The van der Waals surface area contributed by atoms with E-state index in [9.17, 15) is 9.59 Å². The molecule has 6 heteroatoms. The summed E-state index contributed by atoms with van der Waals surface area (Å²) >= 11 is 12.9. The number of allylic oxidation sites excluding steroid dienone is 2. The highest BCUT2D eigenvalue weighted by Gasteiger charge is 2.61. The molecule has 6 atom stereocenters. The molecule has 5 aliphatic rings. The van der Waals surface area contributed by atoms with E-state index in [-0.39, 0.29) is 28.4 Å². The van der Waals surface area contributed by atoms with E-state index in [1.807, 2.05) is 18.2 Å². The molecule has 1 aromatic carbocycles.